The molecule has 1 rings (SSSR count). The molecular weight excluding hydrogens is 140 g/mol. The van der Waals surface area contributed by atoms with E-state index in [9.17, 15) is 0 Å². The lowest BCUT2D eigenvalue weighted by Gasteiger charge is -1.78. The number of hydrogen-bond acceptors (Lipinski definition) is 3. The Morgan fingerprint density at radius 3 is 2.89 bits per heavy atom. The molecule has 0 amide bonds. The third-order valence-electron chi connectivity index (χ3n) is 0.853. The Balaban J connectivity index is 3.02. The van der Waals surface area contributed by atoms with Crippen molar-refractivity contribution >= 4 is 11.6 Å². The van der Waals surface area contributed by atoms with Gasteiger partial charge in [0.05, 0.1) is 5.88 Å². The lowest BCUT2D eigenvalue weighted by Crippen LogP contribution is -1.81. The Kier molecular flexibility index (Phi) is 1.66. The molecular formula is C4H3ClN4. The molecule has 1 aromatic heterocycles. The third-order valence-corrected chi connectivity index (χ3v) is 1.11. The van der Waals surface area contributed by atoms with Crippen LogP contribution in [0.4, 0.5) is 0 Å². The Labute approximate surface area is 56.4 Å². The van der Waals surface area contributed by atoms with Crippen LogP contribution < -0.4 is 0 Å². The number of nitriles is 1. The summed E-state index contributed by atoms with van der Waals surface area (Å²) in [5.41, 5.74) is 0.768. The van der Waals surface area contributed by atoms with Crippen molar-refractivity contribution < 1.29 is 0 Å². The Morgan fingerprint density at radius 2 is 2.44 bits per heavy atom. The standard InChI is InChI=1S/C4H3ClN4/c5-1-3-4(2-6)8-9-7-3/h1H2,(H,7,8,9). The minimum Gasteiger partial charge on any atom is -0.196 e. The SMILES string of the molecule is N#Cc1n[nH]nc1CCl. The molecule has 0 radical (unpaired) electrons. The third kappa shape index (κ3) is 1.00. The number of alkyl halides is 1. The average molecular weight is 143 g/mol. The second-order valence-electron chi connectivity index (χ2n) is 1.36. The van der Waals surface area contributed by atoms with Gasteiger partial charge in [-0.2, -0.15) is 15.6 Å². The lowest BCUT2D eigenvalue weighted by molar-refractivity contribution is 0.923. The van der Waals surface area contributed by atoms with Gasteiger partial charge in [0, 0.05) is 0 Å². The zero-order valence-corrected chi connectivity index (χ0v) is 5.18. The van der Waals surface area contributed by atoms with Gasteiger partial charge in [-0.25, -0.2) is 0 Å². The molecule has 0 aliphatic heterocycles. The van der Waals surface area contributed by atoms with Crippen LogP contribution in [0.25, 0.3) is 0 Å². The maximum absolute atomic E-state index is 8.31. The highest BCUT2D eigenvalue weighted by molar-refractivity contribution is 6.17. The van der Waals surface area contributed by atoms with Crippen molar-refractivity contribution in [3.63, 3.8) is 0 Å². The molecule has 0 spiro atoms. The zero-order valence-electron chi connectivity index (χ0n) is 4.43. The fourth-order valence-corrected chi connectivity index (χ4v) is 0.622. The molecule has 0 aliphatic rings. The van der Waals surface area contributed by atoms with E-state index in [1.54, 1.807) is 0 Å². The summed E-state index contributed by atoms with van der Waals surface area (Å²) in [6.07, 6.45) is 0. The fraction of sp³-hybridized carbons (Fsp3) is 0.250. The van der Waals surface area contributed by atoms with Gasteiger partial charge in [0.1, 0.15) is 11.8 Å². The highest BCUT2D eigenvalue weighted by Gasteiger charge is 2.02. The van der Waals surface area contributed by atoms with Crippen LogP contribution in [0.1, 0.15) is 11.4 Å². The van der Waals surface area contributed by atoms with Crippen LogP contribution in [0.5, 0.6) is 0 Å². The molecule has 0 saturated heterocycles. The number of hydrogen-bond donors (Lipinski definition) is 1. The number of aromatic amines is 1. The predicted octanol–water partition coefficient (Wildman–Crippen LogP) is 0.415. The summed E-state index contributed by atoms with van der Waals surface area (Å²) in [5, 5.41) is 17.7. The van der Waals surface area contributed by atoms with E-state index < -0.39 is 0 Å². The van der Waals surface area contributed by atoms with Crippen molar-refractivity contribution in [1.82, 2.24) is 15.4 Å². The summed E-state index contributed by atoms with van der Waals surface area (Å²) < 4.78 is 0. The van der Waals surface area contributed by atoms with E-state index in [1.807, 2.05) is 6.07 Å². The molecule has 1 aromatic rings. The van der Waals surface area contributed by atoms with Crippen LogP contribution >= 0.6 is 11.6 Å². The number of H-pyrrole nitrogens is 1. The first-order chi connectivity index (χ1) is 4.38. The van der Waals surface area contributed by atoms with E-state index in [2.05, 4.69) is 15.4 Å². The van der Waals surface area contributed by atoms with E-state index in [4.69, 9.17) is 16.9 Å². The van der Waals surface area contributed by atoms with Gasteiger partial charge in [-0.1, -0.05) is 0 Å². The molecule has 9 heavy (non-hydrogen) atoms. The van der Waals surface area contributed by atoms with Crippen molar-refractivity contribution in [2.24, 2.45) is 0 Å². The van der Waals surface area contributed by atoms with Crippen molar-refractivity contribution in [1.29, 1.82) is 5.26 Å². The molecule has 0 unspecified atom stereocenters. The second-order valence-corrected chi connectivity index (χ2v) is 1.63. The zero-order chi connectivity index (χ0) is 6.69. The van der Waals surface area contributed by atoms with Crippen LogP contribution in [-0.4, -0.2) is 15.4 Å². The van der Waals surface area contributed by atoms with Crippen molar-refractivity contribution in [2.45, 2.75) is 5.88 Å². The molecule has 5 heteroatoms. The van der Waals surface area contributed by atoms with Gasteiger partial charge in [-0.3, -0.25) is 0 Å². The summed E-state index contributed by atoms with van der Waals surface area (Å²) in [6.45, 7) is 0. The molecule has 4 nitrogen and oxygen atoms in total. The van der Waals surface area contributed by atoms with Crippen LogP contribution in [0.2, 0.25) is 0 Å². The fourth-order valence-electron chi connectivity index (χ4n) is 0.436. The van der Waals surface area contributed by atoms with Crippen molar-refractivity contribution in [3.8, 4) is 6.07 Å². The molecule has 0 aromatic carbocycles. The van der Waals surface area contributed by atoms with Gasteiger partial charge < -0.3 is 0 Å². The molecule has 0 saturated carbocycles. The number of rotatable bonds is 1. The minimum atomic E-state index is 0.222. The summed E-state index contributed by atoms with van der Waals surface area (Å²) in [7, 11) is 0. The lowest BCUT2D eigenvalue weighted by atomic mass is 10.4. The summed E-state index contributed by atoms with van der Waals surface area (Å²) >= 11 is 5.38. The maximum Gasteiger partial charge on any atom is 0.186 e. The number of halogens is 1. The van der Waals surface area contributed by atoms with Gasteiger partial charge >= 0.3 is 0 Å². The Hall–Kier alpha value is -1.08. The summed E-state index contributed by atoms with van der Waals surface area (Å²) in [5.74, 6) is 0.222. The first-order valence-electron chi connectivity index (χ1n) is 2.24. The van der Waals surface area contributed by atoms with Gasteiger partial charge in [0.2, 0.25) is 0 Å². The molecule has 1 heterocycles. The van der Waals surface area contributed by atoms with E-state index in [0.717, 1.165) is 0 Å². The van der Waals surface area contributed by atoms with E-state index in [-0.39, 0.29) is 11.6 Å². The molecule has 1 N–H and O–H groups in total. The van der Waals surface area contributed by atoms with Crippen molar-refractivity contribution in [2.75, 3.05) is 0 Å². The second kappa shape index (κ2) is 2.46. The molecule has 0 bridgehead atoms. The number of nitrogens with zero attached hydrogens (tertiary/aromatic N) is 3. The van der Waals surface area contributed by atoms with Crippen LogP contribution in [0, 0.1) is 11.3 Å². The summed E-state index contributed by atoms with van der Waals surface area (Å²) in [4.78, 5) is 0. The van der Waals surface area contributed by atoms with Crippen LogP contribution in [-0.2, 0) is 5.88 Å². The Morgan fingerprint density at radius 1 is 1.67 bits per heavy atom. The van der Waals surface area contributed by atoms with Crippen LogP contribution in [0.3, 0.4) is 0 Å². The Bertz CT molecular complexity index is 235. The smallest absolute Gasteiger partial charge is 0.186 e. The molecule has 46 valence electrons. The minimum absolute atomic E-state index is 0.222. The van der Waals surface area contributed by atoms with Gasteiger partial charge in [0.15, 0.2) is 5.69 Å². The molecule has 0 atom stereocenters. The normalized spacial score (nSPS) is 8.89. The van der Waals surface area contributed by atoms with E-state index in [1.165, 1.54) is 0 Å². The monoisotopic (exact) mass is 142 g/mol. The molecule has 0 aliphatic carbocycles. The average Bonchev–Trinajstić information content (AvgIpc) is 2.33. The first kappa shape index (κ1) is 6.05. The molecule has 0 fully saturated rings. The number of aromatic nitrogens is 3. The summed E-state index contributed by atoms with van der Waals surface area (Å²) in [6, 6.07) is 1.84. The van der Waals surface area contributed by atoms with E-state index >= 15 is 0 Å². The highest BCUT2D eigenvalue weighted by atomic mass is 35.5. The maximum atomic E-state index is 8.31. The van der Waals surface area contributed by atoms with E-state index in [0.29, 0.717) is 5.69 Å². The van der Waals surface area contributed by atoms with Crippen molar-refractivity contribution in [3.05, 3.63) is 11.4 Å². The van der Waals surface area contributed by atoms with Gasteiger partial charge in [0.25, 0.3) is 0 Å². The quantitative estimate of drug-likeness (QED) is 0.578. The highest BCUT2D eigenvalue weighted by Crippen LogP contribution is 2.01. The predicted molar refractivity (Wildman–Crippen MR) is 30.7 cm³/mol. The topological polar surface area (TPSA) is 65.4 Å². The number of nitrogens with one attached hydrogen (secondary N) is 1. The van der Waals surface area contributed by atoms with Crippen LogP contribution in [0.15, 0.2) is 0 Å². The van der Waals surface area contributed by atoms with Gasteiger partial charge in [-0.05, 0) is 0 Å². The van der Waals surface area contributed by atoms with Gasteiger partial charge in [-0.15, -0.1) is 16.7 Å². The largest absolute Gasteiger partial charge is 0.196 e. The first-order valence-corrected chi connectivity index (χ1v) is 2.77.